The molecule has 2 rings (SSSR count). The number of benzene rings is 1. The Balaban J connectivity index is 2.03. The van der Waals surface area contributed by atoms with Gasteiger partial charge >= 0.3 is 0 Å². The minimum atomic E-state index is -3.06. The molecule has 0 bridgehead atoms. The lowest BCUT2D eigenvalue weighted by Crippen LogP contribution is -2.49. The average molecular weight is 317 g/mol. The molecule has 1 saturated heterocycles. The Bertz CT molecular complexity index is 554. The first kappa shape index (κ1) is 15.8. The minimum absolute atomic E-state index is 0.174. The Labute approximate surface area is 126 Å². The van der Waals surface area contributed by atoms with Crippen LogP contribution in [0.3, 0.4) is 0 Å². The molecule has 1 aromatic rings. The molecule has 0 N–H and O–H groups in total. The molecule has 0 saturated carbocycles. The van der Waals surface area contributed by atoms with Gasteiger partial charge in [-0.3, -0.25) is 4.90 Å². The van der Waals surface area contributed by atoms with Crippen molar-refractivity contribution in [1.82, 2.24) is 9.21 Å². The zero-order valence-corrected chi connectivity index (χ0v) is 13.5. The van der Waals surface area contributed by atoms with Crippen LogP contribution in [-0.4, -0.2) is 49.6 Å². The summed E-state index contributed by atoms with van der Waals surface area (Å²) in [6.07, 6.45) is 0. The largest absolute Gasteiger partial charge is 0.294 e. The predicted octanol–water partition coefficient (Wildman–Crippen LogP) is 2.37. The highest BCUT2D eigenvalue weighted by Gasteiger charge is 2.28. The summed E-state index contributed by atoms with van der Waals surface area (Å²) in [6, 6.07) is 8.03. The van der Waals surface area contributed by atoms with Gasteiger partial charge in [-0.05, 0) is 25.5 Å². The first-order valence-electron chi connectivity index (χ1n) is 6.92. The summed E-state index contributed by atoms with van der Waals surface area (Å²) in [5.74, 6) is 0.174. The van der Waals surface area contributed by atoms with Crippen molar-refractivity contribution >= 4 is 21.6 Å². The van der Waals surface area contributed by atoms with E-state index in [1.54, 1.807) is 11.2 Å². The van der Waals surface area contributed by atoms with Crippen molar-refractivity contribution in [3.63, 3.8) is 0 Å². The second-order valence-electron chi connectivity index (χ2n) is 5.03. The van der Waals surface area contributed by atoms with Gasteiger partial charge in [-0.2, -0.15) is 4.31 Å². The van der Waals surface area contributed by atoms with Gasteiger partial charge in [0, 0.05) is 37.2 Å². The number of sulfonamides is 1. The van der Waals surface area contributed by atoms with Crippen LogP contribution in [0.15, 0.2) is 24.3 Å². The molecule has 1 unspecified atom stereocenters. The van der Waals surface area contributed by atoms with Gasteiger partial charge in [-0.1, -0.05) is 29.8 Å². The smallest absolute Gasteiger partial charge is 0.213 e. The summed E-state index contributed by atoms with van der Waals surface area (Å²) < 4.78 is 25.3. The molecule has 1 heterocycles. The first-order chi connectivity index (χ1) is 9.45. The van der Waals surface area contributed by atoms with Crippen molar-refractivity contribution < 1.29 is 8.42 Å². The van der Waals surface area contributed by atoms with Crippen LogP contribution in [0.1, 0.15) is 25.5 Å². The van der Waals surface area contributed by atoms with Crippen LogP contribution >= 0.6 is 11.6 Å². The Morgan fingerprint density at radius 1 is 1.20 bits per heavy atom. The molecule has 6 heteroatoms. The number of piperazine rings is 1. The van der Waals surface area contributed by atoms with Crippen LogP contribution in [0, 0.1) is 0 Å². The van der Waals surface area contributed by atoms with E-state index in [0.29, 0.717) is 13.1 Å². The highest BCUT2D eigenvalue weighted by atomic mass is 35.5. The fourth-order valence-corrected chi connectivity index (χ4v) is 3.94. The van der Waals surface area contributed by atoms with Crippen molar-refractivity contribution in [3.8, 4) is 0 Å². The molecule has 20 heavy (non-hydrogen) atoms. The molecule has 1 aliphatic rings. The number of nitrogens with zero attached hydrogens (tertiary/aromatic N) is 2. The lowest BCUT2D eigenvalue weighted by atomic mass is 10.1. The van der Waals surface area contributed by atoms with Crippen LogP contribution in [0.2, 0.25) is 5.02 Å². The lowest BCUT2D eigenvalue weighted by Gasteiger charge is -2.37. The van der Waals surface area contributed by atoms with Gasteiger partial charge in [0.25, 0.3) is 0 Å². The maximum absolute atomic E-state index is 11.8. The van der Waals surface area contributed by atoms with Gasteiger partial charge in [-0.15, -0.1) is 0 Å². The van der Waals surface area contributed by atoms with Gasteiger partial charge in [0.1, 0.15) is 0 Å². The number of rotatable bonds is 4. The maximum atomic E-state index is 11.8. The molecular formula is C14H21ClN2O2S. The molecule has 1 fully saturated rings. The molecule has 1 aromatic carbocycles. The zero-order chi connectivity index (χ0) is 14.8. The fourth-order valence-electron chi connectivity index (χ4n) is 2.56. The van der Waals surface area contributed by atoms with Crippen molar-refractivity contribution in [3.05, 3.63) is 34.9 Å². The van der Waals surface area contributed by atoms with E-state index in [-0.39, 0.29) is 11.8 Å². The average Bonchev–Trinajstić information content (AvgIpc) is 2.47. The minimum Gasteiger partial charge on any atom is -0.294 e. The lowest BCUT2D eigenvalue weighted by molar-refractivity contribution is 0.146. The topological polar surface area (TPSA) is 40.6 Å². The molecule has 0 aliphatic carbocycles. The Kier molecular flexibility index (Phi) is 5.07. The molecule has 0 spiro atoms. The van der Waals surface area contributed by atoms with E-state index in [2.05, 4.69) is 11.8 Å². The van der Waals surface area contributed by atoms with E-state index < -0.39 is 10.0 Å². The molecule has 4 nitrogen and oxygen atoms in total. The van der Waals surface area contributed by atoms with Crippen LogP contribution in [-0.2, 0) is 10.0 Å². The predicted molar refractivity (Wildman–Crippen MR) is 82.5 cm³/mol. The highest BCUT2D eigenvalue weighted by molar-refractivity contribution is 7.89. The van der Waals surface area contributed by atoms with Gasteiger partial charge < -0.3 is 0 Å². The van der Waals surface area contributed by atoms with E-state index in [4.69, 9.17) is 11.6 Å². The van der Waals surface area contributed by atoms with Crippen molar-refractivity contribution in [2.45, 2.75) is 19.9 Å². The number of halogens is 1. The van der Waals surface area contributed by atoms with Crippen LogP contribution < -0.4 is 0 Å². The first-order valence-corrected chi connectivity index (χ1v) is 8.90. The zero-order valence-electron chi connectivity index (χ0n) is 11.9. The third-order valence-electron chi connectivity index (χ3n) is 3.93. The van der Waals surface area contributed by atoms with Gasteiger partial charge in [0.2, 0.25) is 10.0 Å². The molecule has 0 aromatic heterocycles. The third-order valence-corrected chi connectivity index (χ3v) is 6.16. The van der Waals surface area contributed by atoms with E-state index in [1.807, 2.05) is 24.3 Å². The second-order valence-corrected chi connectivity index (χ2v) is 7.70. The Morgan fingerprint density at radius 2 is 1.80 bits per heavy atom. The van der Waals surface area contributed by atoms with Crippen molar-refractivity contribution in [1.29, 1.82) is 0 Å². The van der Waals surface area contributed by atoms with Crippen LogP contribution in [0.5, 0.6) is 0 Å². The summed E-state index contributed by atoms with van der Waals surface area (Å²) >= 11 is 6.23. The molecule has 0 radical (unpaired) electrons. The SMILES string of the molecule is CCS(=O)(=O)N1CCN(C(C)c2ccccc2Cl)CC1. The summed E-state index contributed by atoms with van der Waals surface area (Å²) in [5, 5.41) is 0.767. The van der Waals surface area contributed by atoms with Gasteiger partial charge in [0.05, 0.1) is 5.75 Å². The summed E-state index contributed by atoms with van der Waals surface area (Å²) in [6.45, 7) is 6.41. The number of hydrogen-bond acceptors (Lipinski definition) is 3. The quantitative estimate of drug-likeness (QED) is 0.856. The Hall–Kier alpha value is -0.620. The van der Waals surface area contributed by atoms with E-state index in [0.717, 1.165) is 23.7 Å². The van der Waals surface area contributed by atoms with E-state index in [1.165, 1.54) is 0 Å². The van der Waals surface area contributed by atoms with E-state index in [9.17, 15) is 8.42 Å². The Morgan fingerprint density at radius 3 is 2.35 bits per heavy atom. The van der Waals surface area contributed by atoms with Gasteiger partial charge in [-0.25, -0.2) is 8.42 Å². The van der Waals surface area contributed by atoms with Crippen molar-refractivity contribution in [2.24, 2.45) is 0 Å². The molecule has 0 amide bonds. The summed E-state index contributed by atoms with van der Waals surface area (Å²) in [4.78, 5) is 2.28. The van der Waals surface area contributed by atoms with Gasteiger partial charge in [0.15, 0.2) is 0 Å². The third kappa shape index (κ3) is 3.34. The fraction of sp³-hybridized carbons (Fsp3) is 0.571. The molecule has 1 aliphatic heterocycles. The standard InChI is InChI=1S/C14H21ClN2O2S/c1-3-20(18,19)17-10-8-16(9-11-17)12(2)13-6-4-5-7-14(13)15/h4-7,12H,3,8-11H2,1-2H3. The summed E-state index contributed by atoms with van der Waals surface area (Å²) in [5.41, 5.74) is 1.10. The van der Waals surface area contributed by atoms with Crippen molar-refractivity contribution in [2.75, 3.05) is 31.9 Å². The number of hydrogen-bond donors (Lipinski definition) is 0. The monoisotopic (exact) mass is 316 g/mol. The van der Waals surface area contributed by atoms with Crippen LogP contribution in [0.25, 0.3) is 0 Å². The molecule has 112 valence electrons. The maximum Gasteiger partial charge on any atom is 0.213 e. The van der Waals surface area contributed by atoms with E-state index >= 15 is 0 Å². The second kappa shape index (κ2) is 6.43. The molecule has 1 atom stereocenters. The molecular weight excluding hydrogens is 296 g/mol. The summed E-state index contributed by atoms with van der Waals surface area (Å²) in [7, 11) is -3.06. The highest BCUT2D eigenvalue weighted by Crippen LogP contribution is 2.28. The normalized spacial score (nSPS) is 19.9. The van der Waals surface area contributed by atoms with Crippen LogP contribution in [0.4, 0.5) is 0 Å².